The van der Waals surface area contributed by atoms with E-state index in [0.717, 1.165) is 77.8 Å². The van der Waals surface area contributed by atoms with Crippen molar-refractivity contribution in [2.45, 2.75) is 58.5 Å². The maximum atomic E-state index is 13.4. The van der Waals surface area contributed by atoms with E-state index in [9.17, 15) is 40.7 Å². The molecule has 0 spiro atoms. The third-order valence-corrected chi connectivity index (χ3v) is 19.9. The fraction of sp³-hybridized carbons (Fsp3) is 0.129. The molecule has 11 N–H and O–H groups in total. The lowest BCUT2D eigenvalue weighted by Gasteiger charge is -2.32. The van der Waals surface area contributed by atoms with Crippen molar-refractivity contribution < 1.29 is 50.0 Å². The standard InChI is InChI=1S/C24H17F2N7OS.C16H11BrF2N4OS.C14H18BN3O2.C13H11F2N3O.C3HBr2NS/c25-17-5-3-13(8-18(17)26)10-29-23(34)15-2-1-7-28-22(15)33-24-32-20(11-35-24)14-4-6-19-16(9-14)21(27)31-12-30-19;17-13-8-25-16(22-13)23-14-10(2-1-5-20-14)15(24)21-7-9-3-4-11(18)12(19)6-9;1-13(2)14(3,4)20-15(19-13)9-5-6-11-10(7-9)12(16)18-8-17-11;14-10-4-3-8(6-11(10)15)7-18-13(19)9-2-1-5-17-12(9)16;4-2-1-7-3(5)6-2/h1-9,11-12H,10H2,(H,29,34)(H2,27,30,31)(H,28,32,33);1-6,8H,7H2,(H,21,24)(H,20,22,23);5-8H,1-4H3,(H2,16,17,18);1-6H,7H2,(H2,16,17)(H,18,19);1H. The minimum atomic E-state index is -0.971. The Balaban J connectivity index is 0.000000150. The first-order valence-electron chi connectivity index (χ1n) is 31.2. The highest BCUT2D eigenvalue weighted by Crippen LogP contribution is 2.37. The molecule has 13 aromatic rings. The highest BCUT2D eigenvalue weighted by Gasteiger charge is 2.51. The number of halogens is 9. The molecule has 542 valence electrons. The number of amides is 3. The van der Waals surface area contributed by atoms with E-state index in [1.807, 2.05) is 74.9 Å². The second kappa shape index (κ2) is 35.5. The van der Waals surface area contributed by atoms with Crippen molar-refractivity contribution in [1.29, 1.82) is 0 Å². The van der Waals surface area contributed by atoms with Crippen LogP contribution in [0.1, 0.15) is 75.5 Å². The van der Waals surface area contributed by atoms with Crippen molar-refractivity contribution in [1.82, 2.24) is 65.8 Å². The predicted octanol–water partition coefficient (Wildman–Crippen LogP) is 15.0. The molecule has 1 fully saturated rings. The molecule has 1 aliphatic rings. The normalized spacial score (nSPS) is 12.4. The average molecular weight is 1690 g/mol. The molecule has 0 bridgehead atoms. The maximum Gasteiger partial charge on any atom is 0.494 e. The first-order chi connectivity index (χ1) is 50.7. The summed E-state index contributed by atoms with van der Waals surface area (Å²) in [5.41, 5.74) is 22.9. The van der Waals surface area contributed by atoms with Crippen molar-refractivity contribution in [3.05, 3.63) is 256 Å². The Morgan fingerprint density at radius 2 is 0.896 bits per heavy atom. The van der Waals surface area contributed by atoms with Gasteiger partial charge in [0, 0.05) is 70.7 Å². The molecule has 1 saturated heterocycles. The molecule has 8 aromatic heterocycles. The third kappa shape index (κ3) is 20.7. The first-order valence-corrected chi connectivity index (χ1v) is 36.2. The number of rotatable bonds is 15. The lowest BCUT2D eigenvalue weighted by Crippen LogP contribution is -2.41. The Morgan fingerprint density at radius 3 is 1.34 bits per heavy atom. The summed E-state index contributed by atoms with van der Waals surface area (Å²) in [5, 5.41) is 22.2. The first kappa shape index (κ1) is 78.1. The Bertz CT molecular complexity index is 5290. The van der Waals surface area contributed by atoms with Crippen LogP contribution in [0, 0.1) is 34.9 Å². The van der Waals surface area contributed by atoms with Gasteiger partial charge in [-0.3, -0.25) is 14.4 Å². The van der Waals surface area contributed by atoms with Crippen molar-refractivity contribution in [2.24, 2.45) is 0 Å². The lowest BCUT2D eigenvalue weighted by atomic mass is 9.78. The van der Waals surface area contributed by atoms with E-state index in [-0.39, 0.29) is 47.8 Å². The number of hydrogen-bond acceptors (Lipinski definition) is 23. The highest BCUT2D eigenvalue weighted by molar-refractivity contribution is 9.11. The SMILES string of the molecule is Brc1csc(Br)n1.CC1(C)OB(c2ccc3ncnc(N)c3c2)OC1(C)C.Nc1ncccc1C(=O)NCc1ccc(F)c(F)c1.Nc1ncnc2ccc(-c3csc(Nc4ncccc4C(=O)NCc4ccc(F)c(F)c4)n3)cc12.O=C(NCc1ccc(F)c(F)c1)c1cccnc1Nc1nc(Br)cs1. The number of carbonyl (C=O) groups excluding carboxylic acids is 3. The van der Waals surface area contributed by atoms with Gasteiger partial charge in [0.25, 0.3) is 17.7 Å². The number of aromatic nitrogens is 10. The van der Waals surface area contributed by atoms with Crippen LogP contribution < -0.4 is 49.2 Å². The smallest absolute Gasteiger partial charge is 0.399 e. The fourth-order valence-corrected chi connectivity index (χ4v) is 13.0. The van der Waals surface area contributed by atoms with E-state index < -0.39 is 59.7 Å². The number of pyridine rings is 3. The van der Waals surface area contributed by atoms with Crippen molar-refractivity contribution in [3.63, 3.8) is 0 Å². The zero-order chi connectivity index (χ0) is 75.8. The fourth-order valence-electron chi connectivity index (χ4n) is 9.43. The number of nitrogen functional groups attached to an aromatic ring is 3. The second-order valence-electron chi connectivity index (χ2n) is 23.3. The summed E-state index contributed by atoms with van der Waals surface area (Å²) in [6.07, 6.45) is 7.46. The van der Waals surface area contributed by atoms with Gasteiger partial charge in [-0.1, -0.05) is 30.3 Å². The summed E-state index contributed by atoms with van der Waals surface area (Å²) in [7, 11) is -0.399. The van der Waals surface area contributed by atoms with Crippen LogP contribution in [-0.4, -0.2) is 85.9 Å². The zero-order valence-corrected chi connectivity index (χ0v) is 63.0. The molecule has 0 atom stereocenters. The molecular weight excluding hydrogens is 1630 g/mol. The maximum absolute atomic E-state index is 13.4. The lowest BCUT2D eigenvalue weighted by molar-refractivity contribution is 0.00578. The van der Waals surface area contributed by atoms with Gasteiger partial charge < -0.3 is 53.1 Å². The molecule has 9 heterocycles. The molecule has 106 heavy (non-hydrogen) atoms. The molecule has 36 heteroatoms. The monoisotopic (exact) mass is 1690 g/mol. The van der Waals surface area contributed by atoms with Crippen LogP contribution in [0.3, 0.4) is 0 Å². The Morgan fingerprint density at radius 1 is 0.462 bits per heavy atom. The predicted molar refractivity (Wildman–Crippen MR) is 408 cm³/mol. The summed E-state index contributed by atoms with van der Waals surface area (Å²) in [6.45, 7) is 8.30. The Kier molecular flexibility index (Phi) is 26.2. The number of thiazole rings is 3. The van der Waals surface area contributed by atoms with Crippen LogP contribution in [0.2, 0.25) is 0 Å². The molecular formula is C70H58BBr3F6N18O5S3. The van der Waals surface area contributed by atoms with E-state index >= 15 is 0 Å². The van der Waals surface area contributed by atoms with Crippen LogP contribution in [0.4, 0.5) is 65.7 Å². The van der Waals surface area contributed by atoms with Gasteiger partial charge in [-0.2, -0.15) is 0 Å². The molecule has 3 amide bonds. The van der Waals surface area contributed by atoms with Crippen molar-refractivity contribution in [3.8, 4) is 11.3 Å². The van der Waals surface area contributed by atoms with Gasteiger partial charge in [-0.05, 0) is 195 Å². The molecule has 5 aromatic carbocycles. The second-order valence-corrected chi connectivity index (χ2v) is 28.8. The number of fused-ring (bicyclic) bond motifs is 2. The molecule has 14 rings (SSSR count). The molecule has 0 unspecified atom stereocenters. The average Bonchev–Trinajstić information content (AvgIpc) is 1.61. The van der Waals surface area contributed by atoms with Gasteiger partial charge in [-0.25, -0.2) is 76.2 Å². The highest BCUT2D eigenvalue weighted by atomic mass is 79.9. The number of nitrogens with zero attached hydrogens (tertiary/aromatic N) is 10. The zero-order valence-electron chi connectivity index (χ0n) is 55.8. The number of anilines is 7. The molecule has 23 nitrogen and oxygen atoms in total. The van der Waals surface area contributed by atoms with E-state index in [0.29, 0.717) is 66.1 Å². The molecule has 1 aliphatic heterocycles. The van der Waals surface area contributed by atoms with Gasteiger partial charge in [0.15, 0.2) is 49.1 Å². The third-order valence-electron chi connectivity index (χ3n) is 15.6. The van der Waals surface area contributed by atoms with E-state index in [1.165, 1.54) is 65.8 Å². The molecule has 0 aliphatic carbocycles. The van der Waals surface area contributed by atoms with E-state index in [4.69, 9.17) is 26.5 Å². The summed E-state index contributed by atoms with van der Waals surface area (Å²) < 4.78 is 93.0. The van der Waals surface area contributed by atoms with Crippen molar-refractivity contribution in [2.75, 3.05) is 27.8 Å². The molecule has 0 radical (unpaired) electrons. The van der Waals surface area contributed by atoms with Gasteiger partial charge in [0.2, 0.25) is 0 Å². The van der Waals surface area contributed by atoms with Crippen LogP contribution in [0.15, 0.2) is 188 Å². The molecule has 0 saturated carbocycles. The van der Waals surface area contributed by atoms with Crippen LogP contribution in [0.5, 0.6) is 0 Å². The largest absolute Gasteiger partial charge is 0.494 e. The van der Waals surface area contributed by atoms with Crippen molar-refractivity contribution >= 4 is 173 Å². The Labute approximate surface area is 638 Å². The topological polar surface area (TPSA) is 337 Å². The van der Waals surface area contributed by atoms with Gasteiger partial charge >= 0.3 is 7.12 Å². The number of nitrogens with two attached hydrogens (primary N) is 3. The Hall–Kier alpha value is -10.5. The van der Waals surface area contributed by atoms with Crippen LogP contribution in [0.25, 0.3) is 33.1 Å². The van der Waals surface area contributed by atoms with Gasteiger partial charge in [0.05, 0.1) is 44.6 Å². The number of benzene rings is 5. The minimum absolute atomic E-state index is 0.0283. The van der Waals surface area contributed by atoms with E-state index in [2.05, 4.69) is 124 Å². The van der Waals surface area contributed by atoms with E-state index in [1.54, 1.807) is 59.4 Å². The summed E-state index contributed by atoms with van der Waals surface area (Å²) in [4.78, 5) is 78.4. The summed E-state index contributed by atoms with van der Waals surface area (Å²) in [5.74, 6) is -5.27. The van der Waals surface area contributed by atoms with Crippen LogP contribution >= 0.6 is 81.8 Å². The van der Waals surface area contributed by atoms with Gasteiger partial charge in [-0.15, -0.1) is 34.0 Å². The van der Waals surface area contributed by atoms with Crippen LogP contribution in [-0.2, 0) is 28.9 Å². The minimum Gasteiger partial charge on any atom is -0.399 e. The number of carbonyl (C=O) groups is 3. The number of hydrogen-bond donors (Lipinski definition) is 8. The quantitative estimate of drug-likeness (QED) is 0.0349. The summed E-state index contributed by atoms with van der Waals surface area (Å²) >= 11 is 13.9. The summed E-state index contributed by atoms with van der Waals surface area (Å²) in [6, 6.07) is 31.4. The number of nitrogens with one attached hydrogen (secondary N) is 5. The van der Waals surface area contributed by atoms with Gasteiger partial charge in [0.1, 0.15) is 51.0 Å².